The number of carbonyl (C=O) groups is 2. The second kappa shape index (κ2) is 15.1. The molecule has 15 heteroatoms. The number of rotatable bonds is 13. The molecule has 45 heavy (non-hydrogen) atoms. The molecule has 0 aliphatic rings. The molecule has 0 bridgehead atoms. The van der Waals surface area contributed by atoms with Gasteiger partial charge in [0.25, 0.3) is 15.7 Å². The van der Waals surface area contributed by atoms with E-state index in [1.165, 1.54) is 49.3 Å². The predicted octanol–water partition coefficient (Wildman–Crippen LogP) is 6.40. The Morgan fingerprint density at radius 3 is 2.24 bits per heavy atom. The van der Waals surface area contributed by atoms with Crippen molar-refractivity contribution in [3.05, 3.63) is 90.9 Å². The monoisotopic (exact) mass is 698 g/mol. The summed E-state index contributed by atoms with van der Waals surface area (Å²) in [5, 5.41) is 15.1. The average molecular weight is 700 g/mol. The van der Waals surface area contributed by atoms with Crippen LogP contribution in [0.4, 0.5) is 11.4 Å². The molecular formula is C30H33Cl3N4O7S. The molecule has 0 aromatic heterocycles. The van der Waals surface area contributed by atoms with Gasteiger partial charge in [-0.3, -0.25) is 24.0 Å². The van der Waals surface area contributed by atoms with Gasteiger partial charge in [-0.05, 0) is 63.6 Å². The molecule has 0 saturated heterocycles. The minimum Gasteiger partial charge on any atom is -0.495 e. The normalized spacial score (nSPS) is 12.0. The summed E-state index contributed by atoms with van der Waals surface area (Å²) in [6.07, 6.45) is 0.170. The molecule has 3 aromatic rings. The quantitative estimate of drug-likeness (QED) is 0.161. The maximum absolute atomic E-state index is 14.3. The summed E-state index contributed by atoms with van der Waals surface area (Å²) in [7, 11) is -3.36. The van der Waals surface area contributed by atoms with Crippen LogP contribution in [0.15, 0.2) is 59.5 Å². The third-order valence-corrected chi connectivity index (χ3v) is 9.56. The standard InChI is InChI=1S/C30H33Cl3N4O7S/c1-6-25(30(39)34-18(2)3)35(16-22-23(32)8-7-9-24(22)33)29(38)17-36(27-14-20(31)11-13-28(27)44-5)45(42,43)21-12-10-19(4)26(15-21)37(40)41/h7-15,18,25H,6,16-17H2,1-5H3,(H,34,39). The summed E-state index contributed by atoms with van der Waals surface area (Å²) in [5.41, 5.74) is 0.0735. The summed E-state index contributed by atoms with van der Waals surface area (Å²) in [6.45, 7) is 5.65. The summed E-state index contributed by atoms with van der Waals surface area (Å²) in [5.74, 6) is -1.19. The number of ether oxygens (including phenoxy) is 1. The van der Waals surface area contributed by atoms with Crippen molar-refractivity contribution in [3.8, 4) is 5.75 Å². The number of benzene rings is 3. The molecule has 0 fully saturated rings. The van der Waals surface area contributed by atoms with E-state index in [1.54, 1.807) is 39.0 Å². The van der Waals surface area contributed by atoms with E-state index in [4.69, 9.17) is 39.5 Å². The van der Waals surface area contributed by atoms with Gasteiger partial charge in [0.05, 0.1) is 22.6 Å². The molecule has 0 heterocycles. The zero-order valence-corrected chi connectivity index (χ0v) is 28.3. The maximum Gasteiger partial charge on any atom is 0.273 e. The van der Waals surface area contributed by atoms with Crippen LogP contribution in [-0.2, 0) is 26.2 Å². The van der Waals surface area contributed by atoms with E-state index < -0.39 is 49.9 Å². The molecule has 0 aliphatic carbocycles. The number of sulfonamides is 1. The van der Waals surface area contributed by atoms with Crippen molar-refractivity contribution in [3.63, 3.8) is 0 Å². The van der Waals surface area contributed by atoms with Crippen LogP contribution in [0.25, 0.3) is 0 Å². The van der Waals surface area contributed by atoms with Crippen molar-refractivity contribution in [2.75, 3.05) is 18.0 Å². The Hall–Kier alpha value is -3.58. The van der Waals surface area contributed by atoms with Crippen LogP contribution < -0.4 is 14.4 Å². The van der Waals surface area contributed by atoms with Crippen molar-refractivity contribution in [2.45, 2.75) is 57.6 Å². The fourth-order valence-electron chi connectivity index (χ4n) is 4.60. The van der Waals surface area contributed by atoms with Crippen molar-refractivity contribution in [1.29, 1.82) is 0 Å². The van der Waals surface area contributed by atoms with E-state index in [-0.39, 0.29) is 51.1 Å². The van der Waals surface area contributed by atoms with Crippen molar-refractivity contribution in [1.82, 2.24) is 10.2 Å². The number of nitrogens with zero attached hydrogens (tertiary/aromatic N) is 3. The van der Waals surface area contributed by atoms with Crippen LogP contribution in [0.2, 0.25) is 15.1 Å². The highest BCUT2D eigenvalue weighted by Crippen LogP contribution is 2.36. The van der Waals surface area contributed by atoms with Gasteiger partial charge in [0.15, 0.2) is 0 Å². The maximum atomic E-state index is 14.3. The Balaban J connectivity index is 2.23. The zero-order valence-electron chi connectivity index (χ0n) is 25.2. The highest BCUT2D eigenvalue weighted by Gasteiger charge is 2.36. The number of nitro benzene ring substituents is 1. The van der Waals surface area contributed by atoms with Gasteiger partial charge in [-0.2, -0.15) is 0 Å². The fourth-order valence-corrected chi connectivity index (χ4v) is 6.72. The first-order valence-electron chi connectivity index (χ1n) is 13.8. The summed E-state index contributed by atoms with van der Waals surface area (Å²) in [4.78, 5) is 39.4. The number of nitro groups is 1. The lowest BCUT2D eigenvalue weighted by molar-refractivity contribution is -0.385. The van der Waals surface area contributed by atoms with Gasteiger partial charge >= 0.3 is 0 Å². The van der Waals surface area contributed by atoms with Crippen LogP contribution in [0, 0.1) is 17.0 Å². The number of carbonyl (C=O) groups excluding carboxylic acids is 2. The topological polar surface area (TPSA) is 139 Å². The first kappa shape index (κ1) is 35.9. The Morgan fingerprint density at radius 2 is 1.69 bits per heavy atom. The van der Waals surface area contributed by atoms with E-state index in [9.17, 15) is 28.1 Å². The van der Waals surface area contributed by atoms with E-state index >= 15 is 0 Å². The van der Waals surface area contributed by atoms with E-state index in [2.05, 4.69) is 5.32 Å². The third-order valence-electron chi connectivity index (χ3n) is 6.86. The molecule has 3 rings (SSSR count). The smallest absolute Gasteiger partial charge is 0.273 e. The molecule has 1 atom stereocenters. The number of halogens is 3. The molecule has 3 aromatic carbocycles. The van der Waals surface area contributed by atoms with Gasteiger partial charge < -0.3 is 15.0 Å². The molecule has 242 valence electrons. The average Bonchev–Trinajstić information content (AvgIpc) is 2.96. The van der Waals surface area contributed by atoms with Gasteiger partial charge in [0.2, 0.25) is 11.8 Å². The first-order chi connectivity index (χ1) is 21.1. The largest absolute Gasteiger partial charge is 0.495 e. The Morgan fingerprint density at radius 1 is 1.04 bits per heavy atom. The number of anilines is 1. The fraction of sp³-hybridized carbons (Fsp3) is 0.333. The van der Waals surface area contributed by atoms with E-state index in [0.29, 0.717) is 5.56 Å². The molecule has 0 aliphatic heterocycles. The Kier molecular flexibility index (Phi) is 12.1. The molecule has 11 nitrogen and oxygen atoms in total. The molecular weight excluding hydrogens is 667 g/mol. The Bertz CT molecular complexity index is 1680. The molecule has 0 spiro atoms. The SMILES string of the molecule is CCC(C(=O)NC(C)C)N(Cc1c(Cl)cccc1Cl)C(=O)CN(c1cc(Cl)ccc1OC)S(=O)(=O)c1ccc(C)c([N+](=O)[O-])c1. The van der Waals surface area contributed by atoms with Gasteiger partial charge in [0, 0.05) is 44.8 Å². The van der Waals surface area contributed by atoms with Gasteiger partial charge in [-0.1, -0.05) is 53.9 Å². The van der Waals surface area contributed by atoms with Gasteiger partial charge in [-0.15, -0.1) is 0 Å². The number of hydrogen-bond donors (Lipinski definition) is 1. The number of nitrogens with one attached hydrogen (secondary N) is 1. The highest BCUT2D eigenvalue weighted by atomic mass is 35.5. The van der Waals surface area contributed by atoms with Crippen LogP contribution in [0.1, 0.15) is 38.3 Å². The van der Waals surface area contributed by atoms with E-state index in [1.807, 2.05) is 0 Å². The number of aryl methyl sites for hydroxylation is 1. The van der Waals surface area contributed by atoms with Crippen molar-refractivity contribution in [2.24, 2.45) is 0 Å². The molecule has 0 saturated carbocycles. The van der Waals surface area contributed by atoms with Crippen molar-refractivity contribution >= 4 is 68.0 Å². The second-order valence-electron chi connectivity index (χ2n) is 10.3. The lowest BCUT2D eigenvalue weighted by atomic mass is 10.1. The van der Waals surface area contributed by atoms with Gasteiger partial charge in [-0.25, -0.2) is 8.42 Å². The first-order valence-corrected chi connectivity index (χ1v) is 16.3. The second-order valence-corrected chi connectivity index (χ2v) is 13.5. The van der Waals surface area contributed by atoms with Crippen LogP contribution in [0.3, 0.4) is 0 Å². The number of hydrogen-bond acceptors (Lipinski definition) is 7. The summed E-state index contributed by atoms with van der Waals surface area (Å²) >= 11 is 19.1. The lowest BCUT2D eigenvalue weighted by Gasteiger charge is -2.34. The predicted molar refractivity (Wildman–Crippen MR) is 175 cm³/mol. The third kappa shape index (κ3) is 8.37. The number of amides is 2. The minimum absolute atomic E-state index is 0.0580. The Labute approximate surface area is 277 Å². The van der Waals surface area contributed by atoms with Crippen LogP contribution >= 0.6 is 34.8 Å². The molecule has 1 unspecified atom stereocenters. The molecule has 1 N–H and O–H groups in total. The van der Waals surface area contributed by atoms with E-state index in [0.717, 1.165) is 10.4 Å². The molecule has 2 amide bonds. The summed E-state index contributed by atoms with van der Waals surface area (Å²) < 4.78 is 34.7. The lowest BCUT2D eigenvalue weighted by Crippen LogP contribution is -2.53. The summed E-state index contributed by atoms with van der Waals surface area (Å²) in [6, 6.07) is 11.1. The molecule has 0 radical (unpaired) electrons. The van der Waals surface area contributed by atoms with Crippen LogP contribution in [-0.4, -0.2) is 55.8 Å². The number of methoxy groups -OCH3 is 1. The van der Waals surface area contributed by atoms with Crippen molar-refractivity contribution < 1.29 is 27.7 Å². The van der Waals surface area contributed by atoms with Crippen LogP contribution in [0.5, 0.6) is 5.75 Å². The highest BCUT2D eigenvalue weighted by molar-refractivity contribution is 7.92. The minimum atomic E-state index is -4.68. The zero-order chi connectivity index (χ0) is 33.6. The van der Waals surface area contributed by atoms with Gasteiger partial charge in [0.1, 0.15) is 18.3 Å².